The standard InChI is InChI=1S/C17H14BrNO/c1-10-3-6-16-13(7-10)14(9-19-16)17(20)12-5-4-11(2)15(18)8-12/h3-9,19H,1-2H3. The summed E-state index contributed by atoms with van der Waals surface area (Å²) in [4.78, 5) is 15.8. The summed E-state index contributed by atoms with van der Waals surface area (Å²) in [6.07, 6.45) is 1.79. The summed E-state index contributed by atoms with van der Waals surface area (Å²) in [6, 6.07) is 11.8. The van der Waals surface area contributed by atoms with Gasteiger partial charge in [0.2, 0.25) is 0 Å². The van der Waals surface area contributed by atoms with Crippen molar-refractivity contribution in [3.8, 4) is 0 Å². The van der Waals surface area contributed by atoms with Crippen LogP contribution in [-0.4, -0.2) is 10.8 Å². The van der Waals surface area contributed by atoms with Crippen LogP contribution in [0.4, 0.5) is 0 Å². The molecular formula is C17H14BrNO. The van der Waals surface area contributed by atoms with Crippen molar-refractivity contribution in [1.82, 2.24) is 4.98 Å². The van der Waals surface area contributed by atoms with Crippen LogP contribution in [0, 0.1) is 13.8 Å². The number of aromatic nitrogens is 1. The number of halogens is 1. The minimum Gasteiger partial charge on any atom is -0.360 e. The lowest BCUT2D eigenvalue weighted by molar-refractivity contribution is 0.104. The summed E-state index contributed by atoms with van der Waals surface area (Å²) < 4.78 is 0.958. The van der Waals surface area contributed by atoms with Crippen LogP contribution in [0.1, 0.15) is 27.0 Å². The van der Waals surface area contributed by atoms with Gasteiger partial charge in [0.15, 0.2) is 5.78 Å². The van der Waals surface area contributed by atoms with E-state index in [1.54, 1.807) is 6.20 Å². The van der Waals surface area contributed by atoms with Gasteiger partial charge >= 0.3 is 0 Å². The third-order valence-electron chi connectivity index (χ3n) is 3.52. The molecule has 1 aromatic heterocycles. The van der Waals surface area contributed by atoms with E-state index in [9.17, 15) is 4.79 Å². The van der Waals surface area contributed by atoms with Crippen molar-refractivity contribution in [2.75, 3.05) is 0 Å². The molecule has 2 nitrogen and oxygen atoms in total. The van der Waals surface area contributed by atoms with Crippen LogP contribution in [0.25, 0.3) is 10.9 Å². The highest BCUT2D eigenvalue weighted by atomic mass is 79.9. The Bertz CT molecular complexity index is 817. The molecule has 3 aromatic rings. The molecule has 0 amide bonds. The SMILES string of the molecule is Cc1ccc2[nH]cc(C(=O)c3ccc(C)c(Br)c3)c2c1. The van der Waals surface area contributed by atoms with Crippen molar-refractivity contribution in [3.63, 3.8) is 0 Å². The first-order chi connectivity index (χ1) is 9.56. The maximum atomic E-state index is 12.7. The Morgan fingerprint density at radius 3 is 2.65 bits per heavy atom. The molecule has 0 saturated carbocycles. The molecule has 0 aliphatic heterocycles. The first kappa shape index (κ1) is 13.1. The van der Waals surface area contributed by atoms with Gasteiger partial charge < -0.3 is 4.98 Å². The number of nitrogens with one attached hydrogen (secondary N) is 1. The van der Waals surface area contributed by atoms with Gasteiger partial charge in [0, 0.05) is 32.7 Å². The topological polar surface area (TPSA) is 32.9 Å². The Labute approximate surface area is 126 Å². The van der Waals surface area contributed by atoms with Crippen molar-refractivity contribution in [3.05, 3.63) is 69.3 Å². The van der Waals surface area contributed by atoms with Gasteiger partial charge in [-0.3, -0.25) is 4.79 Å². The molecule has 0 unspecified atom stereocenters. The van der Waals surface area contributed by atoms with E-state index in [4.69, 9.17) is 0 Å². The fourth-order valence-electron chi connectivity index (χ4n) is 2.31. The summed E-state index contributed by atoms with van der Waals surface area (Å²) in [5.41, 5.74) is 4.68. The number of fused-ring (bicyclic) bond motifs is 1. The van der Waals surface area contributed by atoms with Gasteiger partial charge in [-0.1, -0.05) is 39.7 Å². The molecule has 0 radical (unpaired) electrons. The normalized spacial score (nSPS) is 10.9. The van der Waals surface area contributed by atoms with E-state index < -0.39 is 0 Å². The van der Waals surface area contributed by atoms with Crippen molar-refractivity contribution in [2.45, 2.75) is 13.8 Å². The summed E-state index contributed by atoms with van der Waals surface area (Å²) in [6.45, 7) is 4.04. The first-order valence-corrected chi connectivity index (χ1v) is 7.24. The molecule has 3 rings (SSSR count). The van der Waals surface area contributed by atoms with Crippen LogP contribution in [0.15, 0.2) is 47.1 Å². The summed E-state index contributed by atoms with van der Waals surface area (Å²) >= 11 is 3.48. The van der Waals surface area contributed by atoms with Crippen LogP contribution in [-0.2, 0) is 0 Å². The van der Waals surface area contributed by atoms with E-state index in [2.05, 4.69) is 20.9 Å². The zero-order valence-electron chi connectivity index (χ0n) is 11.3. The van der Waals surface area contributed by atoms with Gasteiger partial charge in [0.25, 0.3) is 0 Å². The minimum absolute atomic E-state index is 0.0440. The number of aryl methyl sites for hydroxylation is 2. The molecule has 0 spiro atoms. The fraction of sp³-hybridized carbons (Fsp3) is 0.118. The number of aromatic amines is 1. The molecule has 0 aliphatic rings. The van der Waals surface area contributed by atoms with Gasteiger partial charge in [-0.2, -0.15) is 0 Å². The zero-order valence-corrected chi connectivity index (χ0v) is 12.9. The highest BCUT2D eigenvalue weighted by Gasteiger charge is 2.14. The molecule has 3 heteroatoms. The molecule has 2 aromatic carbocycles. The Balaban J connectivity index is 2.12. The predicted molar refractivity (Wildman–Crippen MR) is 85.3 cm³/mol. The molecule has 0 fully saturated rings. The van der Waals surface area contributed by atoms with E-state index >= 15 is 0 Å². The lowest BCUT2D eigenvalue weighted by Gasteiger charge is -2.03. The molecule has 1 N–H and O–H groups in total. The first-order valence-electron chi connectivity index (χ1n) is 6.45. The molecule has 0 bridgehead atoms. The fourth-order valence-corrected chi connectivity index (χ4v) is 2.69. The highest BCUT2D eigenvalue weighted by Crippen LogP contribution is 2.24. The number of hydrogen-bond donors (Lipinski definition) is 1. The Morgan fingerprint density at radius 2 is 1.90 bits per heavy atom. The Kier molecular flexibility index (Phi) is 3.22. The van der Waals surface area contributed by atoms with Crippen LogP contribution in [0.2, 0.25) is 0 Å². The monoisotopic (exact) mass is 327 g/mol. The predicted octanol–water partition coefficient (Wildman–Crippen LogP) is 4.78. The maximum Gasteiger partial charge on any atom is 0.195 e. The van der Waals surface area contributed by atoms with Crippen LogP contribution < -0.4 is 0 Å². The van der Waals surface area contributed by atoms with Gasteiger partial charge in [-0.15, -0.1) is 0 Å². The van der Waals surface area contributed by atoms with E-state index in [1.165, 1.54) is 0 Å². The van der Waals surface area contributed by atoms with Crippen LogP contribution >= 0.6 is 15.9 Å². The highest BCUT2D eigenvalue weighted by molar-refractivity contribution is 9.10. The van der Waals surface area contributed by atoms with Crippen LogP contribution in [0.3, 0.4) is 0 Å². The summed E-state index contributed by atoms with van der Waals surface area (Å²) in [7, 11) is 0. The lowest BCUT2D eigenvalue weighted by atomic mass is 10.0. The lowest BCUT2D eigenvalue weighted by Crippen LogP contribution is -2.00. The number of ketones is 1. The van der Waals surface area contributed by atoms with Gasteiger partial charge in [-0.25, -0.2) is 0 Å². The molecule has 20 heavy (non-hydrogen) atoms. The third kappa shape index (κ3) is 2.18. The number of carbonyl (C=O) groups is 1. The largest absolute Gasteiger partial charge is 0.360 e. The second kappa shape index (κ2) is 4.91. The number of rotatable bonds is 2. The molecule has 0 saturated heterocycles. The maximum absolute atomic E-state index is 12.7. The molecule has 0 atom stereocenters. The van der Waals surface area contributed by atoms with Gasteiger partial charge in [0.05, 0.1) is 0 Å². The van der Waals surface area contributed by atoms with E-state index in [1.807, 2.05) is 50.2 Å². The van der Waals surface area contributed by atoms with Crippen molar-refractivity contribution in [1.29, 1.82) is 0 Å². The van der Waals surface area contributed by atoms with E-state index in [-0.39, 0.29) is 5.78 Å². The average Bonchev–Trinajstić information content (AvgIpc) is 2.84. The smallest absolute Gasteiger partial charge is 0.195 e. The number of H-pyrrole nitrogens is 1. The van der Waals surface area contributed by atoms with Gasteiger partial charge in [-0.05, 0) is 37.6 Å². The quantitative estimate of drug-likeness (QED) is 0.675. The number of hydrogen-bond acceptors (Lipinski definition) is 1. The zero-order chi connectivity index (χ0) is 14.3. The summed E-state index contributed by atoms with van der Waals surface area (Å²) in [5.74, 6) is 0.0440. The summed E-state index contributed by atoms with van der Waals surface area (Å²) in [5, 5.41) is 0.978. The van der Waals surface area contributed by atoms with Crippen molar-refractivity contribution < 1.29 is 4.79 Å². The number of carbonyl (C=O) groups excluding carboxylic acids is 1. The number of benzene rings is 2. The second-order valence-corrected chi connectivity index (χ2v) is 5.90. The van der Waals surface area contributed by atoms with E-state index in [0.717, 1.165) is 32.1 Å². The molecule has 100 valence electrons. The third-order valence-corrected chi connectivity index (χ3v) is 4.37. The Morgan fingerprint density at radius 1 is 1.10 bits per heavy atom. The molecule has 1 heterocycles. The van der Waals surface area contributed by atoms with Crippen LogP contribution in [0.5, 0.6) is 0 Å². The van der Waals surface area contributed by atoms with Crippen molar-refractivity contribution >= 4 is 32.6 Å². The van der Waals surface area contributed by atoms with Gasteiger partial charge in [0.1, 0.15) is 0 Å². The second-order valence-electron chi connectivity index (χ2n) is 5.04. The van der Waals surface area contributed by atoms with Crippen molar-refractivity contribution in [2.24, 2.45) is 0 Å². The van der Waals surface area contributed by atoms with E-state index in [0.29, 0.717) is 5.56 Å². The Hall–Kier alpha value is -1.87. The molecule has 0 aliphatic carbocycles. The molecular weight excluding hydrogens is 314 g/mol. The minimum atomic E-state index is 0.0440. The average molecular weight is 328 g/mol.